The van der Waals surface area contributed by atoms with Crippen LogP contribution in [0, 0.1) is 17.8 Å². The second kappa shape index (κ2) is 10.5. The lowest BCUT2D eigenvalue weighted by Crippen LogP contribution is -2.46. The molecule has 2 aliphatic heterocycles. The van der Waals surface area contributed by atoms with Gasteiger partial charge in [0.25, 0.3) is 0 Å². The van der Waals surface area contributed by atoms with Crippen LogP contribution in [-0.2, 0) is 14.2 Å². The predicted octanol–water partition coefficient (Wildman–Crippen LogP) is 3.17. The number of carbonyl (C=O) groups is 2. The standard InChI is InChI=1S/C26H34BNO6/c1-3-11-28-25(31)19-13-18(15-29)23-20(24(19)26(28)32)14-27(33)34-22(23)10-9-16(4-2)12-17-7-5-6-8-21(17)30/h5-8,12,19-20,22,24,29-30,33H,3-4,9-11,13-15H2,1-2H3/b16-12+/t19-,20+,22-,24-/m1/s1. The van der Waals surface area contributed by atoms with Gasteiger partial charge < -0.3 is 19.9 Å². The number of benzene rings is 1. The summed E-state index contributed by atoms with van der Waals surface area (Å²) in [4.78, 5) is 27.6. The number of phenolic OH excluding ortho intramolecular Hbond substituents is 1. The Balaban J connectivity index is 1.60. The van der Waals surface area contributed by atoms with Crippen LogP contribution in [0.25, 0.3) is 6.08 Å². The van der Waals surface area contributed by atoms with Crippen LogP contribution >= 0.6 is 0 Å². The fourth-order valence-electron chi connectivity index (χ4n) is 5.92. The first kappa shape index (κ1) is 24.7. The molecule has 0 spiro atoms. The highest BCUT2D eigenvalue weighted by Gasteiger charge is 2.56. The molecule has 2 amide bonds. The highest BCUT2D eigenvalue weighted by molar-refractivity contribution is 6.43. The molecule has 0 unspecified atom stereocenters. The Morgan fingerprint density at radius 1 is 1.21 bits per heavy atom. The number of aromatic hydroxyl groups is 1. The molecule has 4 rings (SSSR count). The van der Waals surface area contributed by atoms with E-state index in [4.69, 9.17) is 4.65 Å². The van der Waals surface area contributed by atoms with Crippen LogP contribution in [0.3, 0.4) is 0 Å². The molecule has 1 aromatic rings. The molecule has 182 valence electrons. The Kier molecular flexibility index (Phi) is 7.60. The number of phenols is 1. The van der Waals surface area contributed by atoms with Gasteiger partial charge >= 0.3 is 7.12 Å². The number of para-hydroxylation sites is 1. The number of amides is 2. The van der Waals surface area contributed by atoms with Crippen molar-refractivity contribution in [2.75, 3.05) is 13.2 Å². The number of aliphatic hydroxyl groups excluding tert-OH is 1. The third-order valence-corrected chi connectivity index (χ3v) is 7.52. The number of fused-ring (bicyclic) bond motifs is 3. The summed E-state index contributed by atoms with van der Waals surface area (Å²) in [5, 5.41) is 30.8. The van der Waals surface area contributed by atoms with Gasteiger partial charge in [0.2, 0.25) is 11.8 Å². The topological polar surface area (TPSA) is 107 Å². The highest BCUT2D eigenvalue weighted by Crippen LogP contribution is 2.50. The van der Waals surface area contributed by atoms with Gasteiger partial charge in [-0.2, -0.15) is 0 Å². The molecule has 3 N–H and O–H groups in total. The lowest BCUT2D eigenvalue weighted by atomic mass is 9.58. The second-order valence-electron chi connectivity index (χ2n) is 9.56. The molecule has 34 heavy (non-hydrogen) atoms. The molecule has 1 aliphatic carbocycles. The fourth-order valence-corrected chi connectivity index (χ4v) is 5.92. The van der Waals surface area contributed by atoms with Gasteiger partial charge in [-0.3, -0.25) is 14.5 Å². The van der Waals surface area contributed by atoms with Crippen molar-refractivity contribution < 1.29 is 29.5 Å². The van der Waals surface area contributed by atoms with Crippen LogP contribution in [0.2, 0.25) is 6.32 Å². The van der Waals surface area contributed by atoms with Crippen LogP contribution in [-0.4, -0.2) is 58.3 Å². The van der Waals surface area contributed by atoms with Gasteiger partial charge in [-0.15, -0.1) is 0 Å². The normalized spacial score (nSPS) is 27.4. The summed E-state index contributed by atoms with van der Waals surface area (Å²) in [7, 11) is -1.02. The van der Waals surface area contributed by atoms with E-state index in [0.717, 1.165) is 28.7 Å². The molecule has 0 aromatic heterocycles. The van der Waals surface area contributed by atoms with E-state index in [9.17, 15) is 24.8 Å². The maximum absolute atomic E-state index is 13.2. The first-order chi connectivity index (χ1) is 16.4. The van der Waals surface area contributed by atoms with Crippen molar-refractivity contribution in [1.82, 2.24) is 4.90 Å². The van der Waals surface area contributed by atoms with Crippen LogP contribution in [0.5, 0.6) is 5.75 Å². The van der Waals surface area contributed by atoms with E-state index in [1.165, 1.54) is 4.90 Å². The molecule has 3 aliphatic rings. The maximum Gasteiger partial charge on any atom is 0.455 e. The van der Waals surface area contributed by atoms with Crippen LogP contribution in [0.15, 0.2) is 41.0 Å². The number of rotatable bonds is 8. The monoisotopic (exact) mass is 467 g/mol. The van der Waals surface area contributed by atoms with E-state index < -0.39 is 25.1 Å². The number of nitrogens with zero attached hydrogens (tertiary/aromatic N) is 1. The lowest BCUT2D eigenvalue weighted by molar-refractivity contribution is -0.140. The number of imide groups is 1. The minimum Gasteiger partial charge on any atom is -0.507 e. The van der Waals surface area contributed by atoms with Crippen molar-refractivity contribution in [3.05, 3.63) is 46.5 Å². The Bertz CT molecular complexity index is 1000. The summed E-state index contributed by atoms with van der Waals surface area (Å²) >= 11 is 0. The van der Waals surface area contributed by atoms with Gasteiger partial charge in [0.15, 0.2) is 0 Å². The minimum absolute atomic E-state index is 0.154. The number of aliphatic hydroxyl groups is 1. The summed E-state index contributed by atoms with van der Waals surface area (Å²) in [6.45, 7) is 4.21. The molecule has 2 fully saturated rings. The number of allylic oxidation sites excluding steroid dienone is 1. The summed E-state index contributed by atoms with van der Waals surface area (Å²) in [6.07, 6.45) is 4.92. The third kappa shape index (κ3) is 4.59. The molecule has 0 bridgehead atoms. The van der Waals surface area contributed by atoms with Crippen molar-refractivity contribution in [2.24, 2.45) is 17.8 Å². The molecule has 1 aromatic carbocycles. The maximum atomic E-state index is 13.2. The smallest absolute Gasteiger partial charge is 0.455 e. The molecule has 4 atom stereocenters. The highest BCUT2D eigenvalue weighted by atomic mass is 16.5. The van der Waals surface area contributed by atoms with Crippen LogP contribution in [0.1, 0.15) is 51.5 Å². The van der Waals surface area contributed by atoms with Gasteiger partial charge in [0.05, 0.1) is 24.5 Å². The van der Waals surface area contributed by atoms with Crippen molar-refractivity contribution in [3.63, 3.8) is 0 Å². The van der Waals surface area contributed by atoms with Gasteiger partial charge in [0, 0.05) is 12.1 Å². The summed E-state index contributed by atoms with van der Waals surface area (Å²) in [5.41, 5.74) is 3.54. The van der Waals surface area contributed by atoms with Crippen molar-refractivity contribution >= 4 is 25.0 Å². The van der Waals surface area contributed by atoms with Gasteiger partial charge in [-0.25, -0.2) is 0 Å². The minimum atomic E-state index is -1.02. The molecule has 8 heteroatoms. The molecule has 2 saturated heterocycles. The summed E-state index contributed by atoms with van der Waals surface area (Å²) < 4.78 is 5.94. The van der Waals surface area contributed by atoms with Crippen LogP contribution in [0.4, 0.5) is 0 Å². The largest absolute Gasteiger partial charge is 0.507 e. The second-order valence-corrected chi connectivity index (χ2v) is 9.56. The van der Waals surface area contributed by atoms with Crippen molar-refractivity contribution in [2.45, 2.75) is 58.4 Å². The molecule has 0 radical (unpaired) electrons. The zero-order valence-electron chi connectivity index (χ0n) is 19.9. The number of likely N-dealkylation sites (tertiary alicyclic amines) is 1. The summed E-state index contributed by atoms with van der Waals surface area (Å²) in [5.74, 6) is -1.35. The fraction of sp³-hybridized carbons (Fsp3) is 0.538. The van der Waals surface area contributed by atoms with Crippen LogP contribution < -0.4 is 0 Å². The predicted molar refractivity (Wildman–Crippen MR) is 129 cm³/mol. The Labute approximate surface area is 201 Å². The Hall–Kier alpha value is -2.42. The van der Waals surface area contributed by atoms with Crippen molar-refractivity contribution in [1.29, 1.82) is 0 Å². The van der Waals surface area contributed by atoms with Gasteiger partial charge in [0.1, 0.15) is 5.75 Å². The number of carbonyl (C=O) groups excluding carboxylic acids is 2. The Morgan fingerprint density at radius 2 is 1.97 bits per heavy atom. The quantitative estimate of drug-likeness (QED) is 0.308. The SMILES string of the molecule is CCCN1C(=O)[C@@H]2[C@@H](CC(CO)=C3[C@@H](CC/C(=C/c4ccccc4O)CC)OB(O)C[C@@H]32)C1=O. The van der Waals surface area contributed by atoms with E-state index >= 15 is 0 Å². The molecular formula is C26H34BNO6. The first-order valence-electron chi connectivity index (χ1n) is 12.4. The molecule has 2 heterocycles. The zero-order chi connectivity index (χ0) is 24.4. The van der Waals surface area contributed by atoms with E-state index in [0.29, 0.717) is 32.2 Å². The number of hydrogen-bond acceptors (Lipinski definition) is 6. The third-order valence-electron chi connectivity index (χ3n) is 7.52. The molecular weight excluding hydrogens is 433 g/mol. The summed E-state index contributed by atoms with van der Waals surface area (Å²) in [6, 6.07) is 7.18. The van der Waals surface area contributed by atoms with Gasteiger partial charge in [-0.1, -0.05) is 43.7 Å². The Morgan fingerprint density at radius 3 is 2.65 bits per heavy atom. The van der Waals surface area contributed by atoms with E-state index in [1.807, 2.05) is 25.1 Å². The molecule has 0 saturated carbocycles. The van der Waals surface area contributed by atoms with Crippen molar-refractivity contribution in [3.8, 4) is 5.75 Å². The lowest BCUT2D eigenvalue weighted by Gasteiger charge is -2.43. The van der Waals surface area contributed by atoms with E-state index in [2.05, 4.69) is 6.92 Å². The average molecular weight is 467 g/mol. The van der Waals surface area contributed by atoms with E-state index in [1.54, 1.807) is 12.1 Å². The first-order valence-corrected chi connectivity index (χ1v) is 12.4. The van der Waals surface area contributed by atoms with E-state index in [-0.39, 0.29) is 36.4 Å². The van der Waals surface area contributed by atoms with Gasteiger partial charge in [-0.05, 0) is 61.6 Å². The number of hydrogen-bond donors (Lipinski definition) is 3. The average Bonchev–Trinajstić information content (AvgIpc) is 3.07. The zero-order valence-corrected chi connectivity index (χ0v) is 19.9. The molecule has 7 nitrogen and oxygen atoms in total.